The van der Waals surface area contributed by atoms with Gasteiger partial charge in [0.2, 0.25) is 0 Å². The molecule has 0 aliphatic heterocycles. The SMILES string of the molecule is C[C@]12CC[C@H]3C(C[C@@H](O)C4=CC(=O)CC[C@@]43C)[C@@H]1CC[C@@H]2O. The standard InChI is InChI=1S/C19H28O3/c1-18-7-5-11(20)9-15(18)16(21)10-12-13-3-4-17(22)19(13,2)8-6-14(12)18/h9,12-14,16-17,21-22H,3-8,10H2,1-2H3/t12?,13-,14-,16+,17-,18+,19-/m0/s1. The van der Waals surface area contributed by atoms with E-state index in [4.69, 9.17) is 0 Å². The lowest BCUT2D eigenvalue weighted by Crippen LogP contribution is -2.54. The average Bonchev–Trinajstić information content (AvgIpc) is 2.77. The fourth-order valence-corrected chi connectivity index (χ4v) is 6.58. The van der Waals surface area contributed by atoms with Crippen molar-refractivity contribution in [3.05, 3.63) is 11.6 Å². The van der Waals surface area contributed by atoms with Crippen molar-refractivity contribution in [2.75, 3.05) is 0 Å². The van der Waals surface area contributed by atoms with E-state index in [-0.39, 0.29) is 22.7 Å². The monoisotopic (exact) mass is 304 g/mol. The van der Waals surface area contributed by atoms with Crippen LogP contribution < -0.4 is 0 Å². The summed E-state index contributed by atoms with van der Waals surface area (Å²) in [7, 11) is 0. The van der Waals surface area contributed by atoms with Gasteiger partial charge in [-0.25, -0.2) is 0 Å². The van der Waals surface area contributed by atoms with Crippen LogP contribution in [0.3, 0.4) is 0 Å². The van der Waals surface area contributed by atoms with Gasteiger partial charge in [-0.3, -0.25) is 4.79 Å². The summed E-state index contributed by atoms with van der Waals surface area (Å²) in [5.74, 6) is 1.79. The molecule has 3 saturated carbocycles. The summed E-state index contributed by atoms with van der Waals surface area (Å²) in [6, 6.07) is 0. The van der Waals surface area contributed by atoms with Gasteiger partial charge in [-0.2, -0.15) is 0 Å². The van der Waals surface area contributed by atoms with E-state index in [1.54, 1.807) is 6.08 Å². The molecule has 4 aliphatic carbocycles. The molecule has 0 amide bonds. The Morgan fingerprint density at radius 1 is 1.09 bits per heavy atom. The highest BCUT2D eigenvalue weighted by molar-refractivity contribution is 5.91. The quantitative estimate of drug-likeness (QED) is 0.723. The highest BCUT2D eigenvalue weighted by Crippen LogP contribution is 2.65. The minimum atomic E-state index is -0.462. The van der Waals surface area contributed by atoms with Crippen molar-refractivity contribution in [3.8, 4) is 0 Å². The first-order valence-electron chi connectivity index (χ1n) is 8.97. The molecule has 0 bridgehead atoms. The van der Waals surface area contributed by atoms with Crippen LogP contribution in [0.1, 0.15) is 58.8 Å². The van der Waals surface area contributed by atoms with E-state index in [1.165, 1.54) is 0 Å². The summed E-state index contributed by atoms with van der Waals surface area (Å²) >= 11 is 0. The predicted molar refractivity (Wildman–Crippen MR) is 84.1 cm³/mol. The van der Waals surface area contributed by atoms with E-state index in [9.17, 15) is 15.0 Å². The van der Waals surface area contributed by atoms with Crippen LogP contribution in [0.2, 0.25) is 0 Å². The van der Waals surface area contributed by atoms with Crippen molar-refractivity contribution < 1.29 is 15.0 Å². The minimum Gasteiger partial charge on any atom is -0.393 e. The van der Waals surface area contributed by atoms with Crippen LogP contribution in [0, 0.1) is 28.6 Å². The first-order valence-corrected chi connectivity index (χ1v) is 8.97. The zero-order valence-electron chi connectivity index (χ0n) is 13.7. The van der Waals surface area contributed by atoms with E-state index >= 15 is 0 Å². The molecule has 4 aliphatic rings. The molecule has 7 atom stereocenters. The third kappa shape index (κ3) is 1.78. The normalized spacial score (nSPS) is 54.3. The van der Waals surface area contributed by atoms with Gasteiger partial charge in [0.15, 0.2) is 5.78 Å². The Bertz CT molecular complexity index is 539. The number of carbonyl (C=O) groups is 1. The van der Waals surface area contributed by atoms with E-state index in [2.05, 4.69) is 13.8 Å². The number of aliphatic hydroxyl groups excluding tert-OH is 2. The summed E-state index contributed by atoms with van der Waals surface area (Å²) in [4.78, 5) is 11.8. The Labute approximate surface area is 132 Å². The van der Waals surface area contributed by atoms with Gasteiger partial charge in [0.05, 0.1) is 12.2 Å². The Morgan fingerprint density at radius 2 is 1.86 bits per heavy atom. The summed E-state index contributed by atoms with van der Waals surface area (Å²) < 4.78 is 0. The first kappa shape index (κ1) is 14.9. The molecule has 0 aromatic heterocycles. The van der Waals surface area contributed by atoms with Crippen LogP contribution >= 0.6 is 0 Å². The predicted octanol–water partition coefficient (Wildman–Crippen LogP) is 2.85. The van der Waals surface area contributed by atoms with Gasteiger partial charge < -0.3 is 10.2 Å². The molecule has 3 heteroatoms. The van der Waals surface area contributed by atoms with E-state index in [1.807, 2.05) is 0 Å². The fraction of sp³-hybridized carbons (Fsp3) is 0.842. The molecule has 3 fully saturated rings. The molecule has 2 N–H and O–H groups in total. The molecular weight excluding hydrogens is 276 g/mol. The lowest BCUT2D eigenvalue weighted by atomic mass is 9.47. The Kier molecular flexibility index (Phi) is 3.16. The molecule has 122 valence electrons. The summed E-state index contributed by atoms with van der Waals surface area (Å²) in [5.41, 5.74) is 1.04. The van der Waals surface area contributed by atoms with Crippen molar-refractivity contribution in [2.45, 2.75) is 71.0 Å². The minimum absolute atomic E-state index is 0.00881. The third-order valence-electron chi connectivity index (χ3n) is 7.93. The summed E-state index contributed by atoms with van der Waals surface area (Å²) in [6.07, 6.45) is 7.65. The Balaban J connectivity index is 1.73. The second-order valence-corrected chi connectivity index (χ2v) is 8.75. The van der Waals surface area contributed by atoms with Crippen LogP contribution in [0.5, 0.6) is 0 Å². The number of ketones is 1. The van der Waals surface area contributed by atoms with Gasteiger partial charge in [-0.05, 0) is 78.8 Å². The topological polar surface area (TPSA) is 57.5 Å². The number of hydrogen-bond acceptors (Lipinski definition) is 3. The molecule has 4 rings (SSSR count). The van der Waals surface area contributed by atoms with Crippen LogP contribution in [0.25, 0.3) is 0 Å². The van der Waals surface area contributed by atoms with Crippen LogP contribution in [0.15, 0.2) is 11.6 Å². The smallest absolute Gasteiger partial charge is 0.155 e. The number of rotatable bonds is 0. The molecule has 22 heavy (non-hydrogen) atoms. The maximum atomic E-state index is 11.8. The number of aliphatic hydroxyl groups is 2. The van der Waals surface area contributed by atoms with Gasteiger partial charge in [0.25, 0.3) is 0 Å². The molecule has 0 aromatic rings. The molecule has 0 spiro atoms. The van der Waals surface area contributed by atoms with E-state index < -0.39 is 6.10 Å². The summed E-state index contributed by atoms with van der Waals surface area (Å²) in [6.45, 7) is 4.54. The zero-order chi connectivity index (χ0) is 15.7. The largest absolute Gasteiger partial charge is 0.393 e. The lowest BCUT2D eigenvalue weighted by Gasteiger charge is -2.58. The van der Waals surface area contributed by atoms with Crippen LogP contribution in [0.4, 0.5) is 0 Å². The maximum absolute atomic E-state index is 11.8. The van der Waals surface area contributed by atoms with Crippen molar-refractivity contribution >= 4 is 5.78 Å². The van der Waals surface area contributed by atoms with Gasteiger partial charge in [-0.15, -0.1) is 0 Å². The first-order chi connectivity index (χ1) is 10.4. The molecule has 1 unspecified atom stereocenters. The average molecular weight is 304 g/mol. The maximum Gasteiger partial charge on any atom is 0.155 e. The van der Waals surface area contributed by atoms with Gasteiger partial charge in [0, 0.05) is 6.42 Å². The lowest BCUT2D eigenvalue weighted by molar-refractivity contribution is -0.120. The van der Waals surface area contributed by atoms with E-state index in [0.29, 0.717) is 24.2 Å². The van der Waals surface area contributed by atoms with Crippen molar-refractivity contribution in [1.82, 2.24) is 0 Å². The zero-order valence-corrected chi connectivity index (χ0v) is 13.7. The van der Waals surface area contributed by atoms with Crippen molar-refractivity contribution in [2.24, 2.45) is 28.6 Å². The Hall–Kier alpha value is -0.670. The third-order valence-corrected chi connectivity index (χ3v) is 7.93. The fourth-order valence-electron chi connectivity index (χ4n) is 6.58. The molecule has 0 aromatic carbocycles. The molecule has 0 saturated heterocycles. The second kappa shape index (κ2) is 4.67. The molecule has 0 radical (unpaired) electrons. The van der Waals surface area contributed by atoms with Gasteiger partial charge in [0.1, 0.15) is 0 Å². The number of hydrogen-bond donors (Lipinski definition) is 2. The van der Waals surface area contributed by atoms with Crippen LogP contribution in [-0.4, -0.2) is 28.2 Å². The highest BCUT2D eigenvalue weighted by Gasteiger charge is 2.60. The van der Waals surface area contributed by atoms with Crippen LogP contribution in [-0.2, 0) is 4.79 Å². The Morgan fingerprint density at radius 3 is 2.64 bits per heavy atom. The summed E-state index contributed by atoms with van der Waals surface area (Å²) in [5, 5.41) is 21.2. The van der Waals surface area contributed by atoms with Crippen molar-refractivity contribution in [1.29, 1.82) is 0 Å². The second-order valence-electron chi connectivity index (χ2n) is 8.75. The van der Waals surface area contributed by atoms with Gasteiger partial charge >= 0.3 is 0 Å². The molecule has 0 heterocycles. The number of fused-ring (bicyclic) bond motifs is 5. The van der Waals surface area contributed by atoms with Gasteiger partial charge in [-0.1, -0.05) is 13.8 Å². The highest BCUT2D eigenvalue weighted by atomic mass is 16.3. The number of carbonyl (C=O) groups excluding carboxylic acids is 1. The molecule has 3 nitrogen and oxygen atoms in total. The van der Waals surface area contributed by atoms with E-state index in [0.717, 1.165) is 44.1 Å². The van der Waals surface area contributed by atoms with Crippen molar-refractivity contribution in [3.63, 3.8) is 0 Å². The molecular formula is C19H28O3.